The van der Waals surface area contributed by atoms with Crippen LogP contribution in [0.2, 0.25) is 5.02 Å². The average Bonchev–Trinajstić information content (AvgIpc) is 2.78. The first-order valence-electron chi connectivity index (χ1n) is 9.88. The lowest BCUT2D eigenvalue weighted by molar-refractivity contribution is -0.275. The van der Waals surface area contributed by atoms with E-state index in [0.29, 0.717) is 18.2 Å². The molecule has 3 N–H and O–H groups in total. The maximum absolute atomic E-state index is 15.0. The smallest absolute Gasteiger partial charge is 0.455 e. The molecule has 2 aromatic carbocycles. The maximum Gasteiger partial charge on any atom is 0.573 e. The van der Waals surface area contributed by atoms with E-state index in [9.17, 15) is 40.3 Å². The maximum atomic E-state index is 15.0. The van der Waals surface area contributed by atoms with Crippen LogP contribution in [0.15, 0.2) is 36.5 Å². The first kappa shape index (κ1) is 28.4. The summed E-state index contributed by atoms with van der Waals surface area (Å²) in [6.07, 6.45) is -9.44. The van der Waals surface area contributed by atoms with Gasteiger partial charge in [-0.25, -0.2) is 8.78 Å². The van der Waals surface area contributed by atoms with Crippen molar-refractivity contribution in [3.63, 3.8) is 0 Å². The number of aromatic nitrogens is 1. The highest BCUT2D eigenvalue weighted by Crippen LogP contribution is 2.41. The van der Waals surface area contributed by atoms with Crippen LogP contribution in [0.3, 0.4) is 0 Å². The van der Waals surface area contributed by atoms with Gasteiger partial charge in [-0.15, -0.1) is 13.2 Å². The van der Waals surface area contributed by atoms with E-state index in [1.807, 2.05) is 0 Å². The molecule has 3 rings (SSSR count). The predicted octanol–water partition coefficient (Wildman–Crippen LogP) is 6.38. The van der Waals surface area contributed by atoms with Crippen LogP contribution in [0.25, 0.3) is 0 Å². The second-order valence-electron chi connectivity index (χ2n) is 7.34. The number of rotatable bonds is 6. The van der Waals surface area contributed by atoms with Crippen molar-refractivity contribution in [2.24, 2.45) is 5.73 Å². The van der Waals surface area contributed by atoms with Crippen molar-refractivity contribution in [2.75, 3.05) is 5.32 Å². The molecule has 1 heterocycles. The minimum Gasteiger partial charge on any atom is -0.455 e. The standard InChI is InChI=1S/C22H12ClF8N3O4/c1-8-7-33-11(19(32)35)6-10(8)34-20(36)15-12(3-2-9(17(15)24)21(26,27)28)37-13-4-5-14(18(25)16(13)23)38-22(29,30)31/h2-7H,1H3,(H2,32,35)(H,33,34,36). The number of halogens is 9. The summed E-state index contributed by atoms with van der Waals surface area (Å²) < 4.78 is 115. The van der Waals surface area contributed by atoms with Crippen LogP contribution in [0.5, 0.6) is 17.2 Å². The number of nitrogens with zero attached hydrogens (tertiary/aromatic N) is 1. The molecule has 0 aliphatic rings. The Kier molecular flexibility index (Phi) is 7.72. The fourth-order valence-electron chi connectivity index (χ4n) is 2.97. The van der Waals surface area contributed by atoms with E-state index < -0.39 is 69.4 Å². The number of amides is 2. The molecule has 0 saturated heterocycles. The van der Waals surface area contributed by atoms with Crippen LogP contribution in [-0.2, 0) is 6.18 Å². The number of aryl methyl sites for hydroxylation is 1. The SMILES string of the molecule is Cc1cnc(C(N)=O)cc1NC(=O)c1c(Oc2ccc(OC(F)(F)F)c(F)c2Cl)ccc(C(F)(F)F)c1F. The molecule has 7 nitrogen and oxygen atoms in total. The third-order valence-electron chi connectivity index (χ3n) is 4.70. The summed E-state index contributed by atoms with van der Waals surface area (Å²) in [5, 5.41) is 0.986. The lowest BCUT2D eigenvalue weighted by Crippen LogP contribution is -2.20. The molecule has 0 saturated carbocycles. The Bertz CT molecular complexity index is 1430. The number of hydrogen-bond acceptors (Lipinski definition) is 5. The molecule has 1 aromatic heterocycles. The largest absolute Gasteiger partial charge is 0.573 e. The summed E-state index contributed by atoms with van der Waals surface area (Å²) in [5.74, 6) is -9.44. The Morgan fingerprint density at radius 3 is 2.16 bits per heavy atom. The number of nitrogens with one attached hydrogen (secondary N) is 1. The lowest BCUT2D eigenvalue weighted by Gasteiger charge is -2.18. The Labute approximate surface area is 212 Å². The molecule has 16 heteroatoms. The zero-order valence-electron chi connectivity index (χ0n) is 18.5. The number of carbonyl (C=O) groups is 2. The summed E-state index contributed by atoms with van der Waals surface area (Å²) >= 11 is 5.68. The van der Waals surface area contributed by atoms with Crippen LogP contribution in [0.4, 0.5) is 40.8 Å². The van der Waals surface area contributed by atoms with E-state index in [-0.39, 0.29) is 23.0 Å². The first-order valence-corrected chi connectivity index (χ1v) is 10.3. The number of benzene rings is 2. The molecule has 0 radical (unpaired) electrons. The number of alkyl halides is 6. The Morgan fingerprint density at radius 1 is 0.974 bits per heavy atom. The van der Waals surface area contributed by atoms with Crippen molar-refractivity contribution in [3.8, 4) is 17.2 Å². The third kappa shape index (κ3) is 6.22. The van der Waals surface area contributed by atoms with Gasteiger partial charge in [-0.3, -0.25) is 14.6 Å². The van der Waals surface area contributed by atoms with Gasteiger partial charge in [0.05, 0.1) is 5.56 Å². The van der Waals surface area contributed by atoms with Gasteiger partial charge in [-0.2, -0.15) is 13.2 Å². The van der Waals surface area contributed by atoms with Gasteiger partial charge in [0.25, 0.3) is 11.8 Å². The summed E-state index contributed by atoms with van der Waals surface area (Å²) in [6.45, 7) is 1.39. The molecular weight excluding hydrogens is 558 g/mol. The number of primary amides is 1. The Morgan fingerprint density at radius 2 is 1.58 bits per heavy atom. The normalized spacial score (nSPS) is 11.7. The molecule has 202 valence electrons. The number of pyridine rings is 1. The molecule has 38 heavy (non-hydrogen) atoms. The van der Waals surface area contributed by atoms with E-state index in [0.717, 1.165) is 12.3 Å². The zero-order chi connectivity index (χ0) is 28.6. The molecular formula is C22H12ClF8N3O4. The fourth-order valence-corrected chi connectivity index (χ4v) is 3.16. The van der Waals surface area contributed by atoms with Crippen molar-refractivity contribution < 1.29 is 54.2 Å². The van der Waals surface area contributed by atoms with Crippen LogP contribution in [-0.4, -0.2) is 23.2 Å². The minimum absolute atomic E-state index is 0.181. The highest BCUT2D eigenvalue weighted by Gasteiger charge is 2.38. The van der Waals surface area contributed by atoms with Crippen molar-refractivity contribution in [1.82, 2.24) is 4.98 Å². The summed E-state index contributed by atoms with van der Waals surface area (Å²) in [7, 11) is 0. The second kappa shape index (κ2) is 10.3. The van der Waals surface area contributed by atoms with Crippen LogP contribution in [0, 0.1) is 18.6 Å². The van der Waals surface area contributed by atoms with Gasteiger partial charge in [0.1, 0.15) is 27.8 Å². The van der Waals surface area contributed by atoms with Crippen molar-refractivity contribution in [3.05, 3.63) is 75.6 Å². The van der Waals surface area contributed by atoms with Gasteiger partial charge in [-0.1, -0.05) is 11.6 Å². The van der Waals surface area contributed by atoms with Crippen molar-refractivity contribution in [1.29, 1.82) is 0 Å². The van der Waals surface area contributed by atoms with Gasteiger partial charge in [0.2, 0.25) is 0 Å². The minimum atomic E-state index is -5.28. The number of hydrogen-bond donors (Lipinski definition) is 2. The van der Waals surface area contributed by atoms with Crippen LogP contribution in [0.1, 0.15) is 32.0 Å². The van der Waals surface area contributed by atoms with E-state index in [2.05, 4.69) is 15.0 Å². The predicted molar refractivity (Wildman–Crippen MR) is 115 cm³/mol. The van der Waals surface area contributed by atoms with Gasteiger partial charge in [0.15, 0.2) is 17.4 Å². The molecule has 0 bridgehead atoms. The molecule has 0 atom stereocenters. The van der Waals surface area contributed by atoms with Crippen LogP contribution >= 0.6 is 11.6 Å². The monoisotopic (exact) mass is 569 g/mol. The molecule has 2 amide bonds. The molecule has 0 aliphatic carbocycles. The molecule has 0 aliphatic heterocycles. The van der Waals surface area contributed by atoms with E-state index >= 15 is 4.39 Å². The quantitative estimate of drug-likeness (QED) is 0.335. The number of nitrogens with two attached hydrogens (primary N) is 1. The third-order valence-corrected chi connectivity index (χ3v) is 5.05. The van der Waals surface area contributed by atoms with E-state index in [4.69, 9.17) is 22.1 Å². The molecule has 0 spiro atoms. The highest BCUT2D eigenvalue weighted by molar-refractivity contribution is 6.32. The Hall–Kier alpha value is -4.14. The average molecular weight is 570 g/mol. The van der Waals surface area contributed by atoms with Crippen molar-refractivity contribution in [2.45, 2.75) is 19.5 Å². The van der Waals surface area contributed by atoms with Crippen molar-refractivity contribution >= 4 is 29.1 Å². The summed E-state index contributed by atoms with van der Waals surface area (Å²) in [4.78, 5) is 28.0. The number of anilines is 1. The molecule has 0 unspecified atom stereocenters. The van der Waals surface area contributed by atoms with E-state index in [1.54, 1.807) is 0 Å². The van der Waals surface area contributed by atoms with Gasteiger partial charge >= 0.3 is 12.5 Å². The lowest BCUT2D eigenvalue weighted by atomic mass is 10.1. The van der Waals surface area contributed by atoms with Gasteiger partial charge in [0, 0.05) is 11.9 Å². The molecule has 0 fully saturated rings. The summed E-state index contributed by atoms with van der Waals surface area (Å²) in [6, 6.07) is 2.80. The number of carbonyl (C=O) groups excluding carboxylic acids is 2. The second-order valence-corrected chi connectivity index (χ2v) is 7.72. The topological polar surface area (TPSA) is 104 Å². The first-order chi connectivity index (χ1) is 17.5. The molecule has 3 aromatic rings. The van der Waals surface area contributed by atoms with E-state index in [1.165, 1.54) is 6.92 Å². The zero-order valence-corrected chi connectivity index (χ0v) is 19.3. The summed E-state index contributed by atoms with van der Waals surface area (Å²) in [5.41, 5.74) is 1.59. The number of ether oxygens (including phenoxy) is 2. The fraction of sp³-hybridized carbons (Fsp3) is 0.136. The van der Waals surface area contributed by atoms with Gasteiger partial charge < -0.3 is 20.5 Å². The Balaban J connectivity index is 2.09. The van der Waals surface area contributed by atoms with Crippen LogP contribution < -0.4 is 20.5 Å². The highest BCUT2D eigenvalue weighted by atomic mass is 35.5. The van der Waals surface area contributed by atoms with Gasteiger partial charge in [-0.05, 0) is 42.8 Å².